The van der Waals surface area contributed by atoms with E-state index in [1.54, 1.807) is 18.5 Å². The molecule has 0 aromatic carbocycles. The van der Waals surface area contributed by atoms with Crippen LogP contribution in [-0.2, 0) is 0 Å². The summed E-state index contributed by atoms with van der Waals surface area (Å²) in [5.74, 6) is 0.600. The minimum atomic E-state index is -0.280. The first-order chi connectivity index (χ1) is 7.15. The number of aromatic amines is 1. The number of rotatable bonds is 1. The highest BCUT2D eigenvalue weighted by Crippen LogP contribution is 2.17. The maximum atomic E-state index is 11.2. The quantitative estimate of drug-likeness (QED) is 0.812. The lowest BCUT2D eigenvalue weighted by atomic mass is 10.3. The van der Waals surface area contributed by atoms with Crippen molar-refractivity contribution in [3.63, 3.8) is 0 Å². The SMILES string of the molecule is Nc1cc(=O)[nH]c(-c2cncc(Br)c2)n1. The Kier molecular flexibility index (Phi) is 2.51. The van der Waals surface area contributed by atoms with Gasteiger partial charge < -0.3 is 10.7 Å². The van der Waals surface area contributed by atoms with Gasteiger partial charge in [-0.15, -0.1) is 0 Å². The zero-order chi connectivity index (χ0) is 10.8. The smallest absolute Gasteiger partial charge is 0.253 e. The van der Waals surface area contributed by atoms with Crippen molar-refractivity contribution in [2.45, 2.75) is 0 Å². The van der Waals surface area contributed by atoms with E-state index in [4.69, 9.17) is 5.73 Å². The first kappa shape index (κ1) is 9.85. The van der Waals surface area contributed by atoms with E-state index in [1.807, 2.05) is 0 Å². The minimum Gasteiger partial charge on any atom is -0.383 e. The normalized spacial score (nSPS) is 10.2. The molecule has 0 aliphatic carbocycles. The van der Waals surface area contributed by atoms with Crippen LogP contribution < -0.4 is 11.3 Å². The second-order valence-corrected chi connectivity index (χ2v) is 3.83. The van der Waals surface area contributed by atoms with Gasteiger partial charge in [0.2, 0.25) is 0 Å². The van der Waals surface area contributed by atoms with Crippen LogP contribution in [0.4, 0.5) is 5.82 Å². The van der Waals surface area contributed by atoms with Gasteiger partial charge in [0.15, 0.2) is 0 Å². The van der Waals surface area contributed by atoms with E-state index in [2.05, 4.69) is 30.9 Å². The molecule has 0 aliphatic rings. The van der Waals surface area contributed by atoms with E-state index in [0.29, 0.717) is 11.4 Å². The van der Waals surface area contributed by atoms with Crippen molar-refractivity contribution in [3.05, 3.63) is 39.4 Å². The van der Waals surface area contributed by atoms with Crippen LogP contribution in [0.3, 0.4) is 0 Å². The highest BCUT2D eigenvalue weighted by Gasteiger charge is 2.02. The number of H-pyrrole nitrogens is 1. The average molecular weight is 267 g/mol. The van der Waals surface area contributed by atoms with Crippen LogP contribution in [0.25, 0.3) is 11.4 Å². The van der Waals surface area contributed by atoms with E-state index < -0.39 is 0 Å². The molecule has 0 bridgehead atoms. The summed E-state index contributed by atoms with van der Waals surface area (Å²) in [5.41, 5.74) is 5.89. The third-order valence-electron chi connectivity index (χ3n) is 1.74. The fourth-order valence-electron chi connectivity index (χ4n) is 1.15. The Bertz CT molecular complexity index is 552. The van der Waals surface area contributed by atoms with Crippen LogP contribution in [-0.4, -0.2) is 15.0 Å². The predicted molar refractivity (Wildman–Crippen MR) is 60.2 cm³/mol. The number of pyridine rings is 1. The zero-order valence-electron chi connectivity index (χ0n) is 7.57. The number of nitrogens with zero attached hydrogens (tertiary/aromatic N) is 2. The standard InChI is InChI=1S/C9H7BrN4O/c10-6-1-5(3-12-4-6)9-13-7(11)2-8(15)14-9/h1-4H,(H3,11,13,14,15). The second kappa shape index (κ2) is 3.82. The fraction of sp³-hybridized carbons (Fsp3) is 0. The van der Waals surface area contributed by atoms with Crippen LogP contribution in [0.5, 0.6) is 0 Å². The number of hydrogen-bond donors (Lipinski definition) is 2. The monoisotopic (exact) mass is 266 g/mol. The molecule has 5 nitrogen and oxygen atoms in total. The van der Waals surface area contributed by atoms with Gasteiger partial charge in [-0.25, -0.2) is 4.98 Å². The van der Waals surface area contributed by atoms with Gasteiger partial charge in [-0.05, 0) is 22.0 Å². The molecule has 0 unspecified atom stereocenters. The third kappa shape index (κ3) is 2.21. The van der Waals surface area contributed by atoms with Gasteiger partial charge in [0, 0.05) is 28.5 Å². The molecule has 0 atom stereocenters. The summed E-state index contributed by atoms with van der Waals surface area (Å²) in [6.45, 7) is 0. The van der Waals surface area contributed by atoms with Gasteiger partial charge in [-0.1, -0.05) is 0 Å². The largest absolute Gasteiger partial charge is 0.383 e. The highest BCUT2D eigenvalue weighted by atomic mass is 79.9. The Morgan fingerprint density at radius 1 is 1.33 bits per heavy atom. The Hall–Kier alpha value is -1.69. The van der Waals surface area contributed by atoms with E-state index in [0.717, 1.165) is 4.47 Å². The van der Waals surface area contributed by atoms with E-state index >= 15 is 0 Å². The molecule has 2 aromatic rings. The molecule has 0 spiro atoms. The highest BCUT2D eigenvalue weighted by molar-refractivity contribution is 9.10. The molecular formula is C9H7BrN4O. The second-order valence-electron chi connectivity index (χ2n) is 2.91. The van der Waals surface area contributed by atoms with E-state index in [-0.39, 0.29) is 11.4 Å². The number of anilines is 1. The number of hydrogen-bond acceptors (Lipinski definition) is 4. The molecule has 0 fully saturated rings. The maximum Gasteiger partial charge on any atom is 0.253 e. The molecule has 0 aliphatic heterocycles. The summed E-state index contributed by atoms with van der Waals surface area (Å²) in [7, 11) is 0. The molecule has 2 aromatic heterocycles. The number of halogens is 1. The van der Waals surface area contributed by atoms with Crippen molar-refractivity contribution in [1.82, 2.24) is 15.0 Å². The van der Waals surface area contributed by atoms with Gasteiger partial charge in [0.25, 0.3) is 5.56 Å². The van der Waals surface area contributed by atoms with Crippen LogP contribution in [0.2, 0.25) is 0 Å². The molecule has 0 saturated heterocycles. The first-order valence-corrected chi connectivity index (χ1v) is 4.92. The summed E-state index contributed by atoms with van der Waals surface area (Å²) < 4.78 is 0.810. The molecular weight excluding hydrogens is 260 g/mol. The van der Waals surface area contributed by atoms with Gasteiger partial charge in [-0.3, -0.25) is 9.78 Å². The summed E-state index contributed by atoms with van der Waals surface area (Å²) in [5, 5.41) is 0. The molecule has 3 N–H and O–H groups in total. The van der Waals surface area contributed by atoms with E-state index in [9.17, 15) is 4.79 Å². The maximum absolute atomic E-state index is 11.2. The van der Waals surface area contributed by atoms with Crippen LogP contribution >= 0.6 is 15.9 Å². The Morgan fingerprint density at radius 3 is 2.80 bits per heavy atom. The van der Waals surface area contributed by atoms with Crippen molar-refractivity contribution in [3.8, 4) is 11.4 Å². The lowest BCUT2D eigenvalue weighted by molar-refractivity contribution is 1.13. The average Bonchev–Trinajstić information content (AvgIpc) is 2.16. The molecule has 0 saturated carbocycles. The summed E-state index contributed by atoms with van der Waals surface area (Å²) in [4.78, 5) is 21.7. The minimum absolute atomic E-state index is 0.189. The number of aromatic nitrogens is 3. The molecule has 0 radical (unpaired) electrons. The molecule has 2 heterocycles. The Labute approximate surface area is 93.5 Å². The molecule has 0 amide bonds. The van der Waals surface area contributed by atoms with E-state index in [1.165, 1.54) is 6.07 Å². The van der Waals surface area contributed by atoms with Crippen LogP contribution in [0, 0.1) is 0 Å². The Balaban J connectivity index is 2.59. The van der Waals surface area contributed by atoms with Crippen molar-refractivity contribution < 1.29 is 0 Å². The first-order valence-electron chi connectivity index (χ1n) is 4.13. The third-order valence-corrected chi connectivity index (χ3v) is 2.17. The van der Waals surface area contributed by atoms with Crippen LogP contribution in [0.15, 0.2) is 33.8 Å². The summed E-state index contributed by atoms with van der Waals surface area (Å²) in [6, 6.07) is 3.03. The van der Waals surface area contributed by atoms with Crippen LogP contribution in [0.1, 0.15) is 0 Å². The topological polar surface area (TPSA) is 84.7 Å². The van der Waals surface area contributed by atoms with Gasteiger partial charge in [-0.2, -0.15) is 0 Å². The summed E-state index contributed by atoms with van der Waals surface area (Å²) >= 11 is 3.28. The lowest BCUT2D eigenvalue weighted by Gasteiger charge is -2.01. The fourth-order valence-corrected chi connectivity index (χ4v) is 1.52. The van der Waals surface area contributed by atoms with Gasteiger partial charge >= 0.3 is 0 Å². The number of nitrogens with one attached hydrogen (secondary N) is 1. The van der Waals surface area contributed by atoms with Crippen molar-refractivity contribution in [1.29, 1.82) is 0 Å². The Morgan fingerprint density at radius 2 is 2.13 bits per heavy atom. The van der Waals surface area contributed by atoms with Crippen molar-refractivity contribution in [2.24, 2.45) is 0 Å². The van der Waals surface area contributed by atoms with Gasteiger partial charge in [0.1, 0.15) is 11.6 Å². The molecule has 76 valence electrons. The van der Waals surface area contributed by atoms with Crippen molar-refractivity contribution in [2.75, 3.05) is 5.73 Å². The summed E-state index contributed by atoms with van der Waals surface area (Å²) in [6.07, 6.45) is 3.25. The number of nitrogen functional groups attached to an aromatic ring is 1. The lowest BCUT2D eigenvalue weighted by Crippen LogP contribution is -2.09. The number of nitrogens with two attached hydrogens (primary N) is 1. The molecule has 15 heavy (non-hydrogen) atoms. The zero-order valence-corrected chi connectivity index (χ0v) is 9.15. The van der Waals surface area contributed by atoms with Crippen molar-refractivity contribution >= 4 is 21.7 Å². The van der Waals surface area contributed by atoms with Gasteiger partial charge in [0.05, 0.1) is 0 Å². The molecule has 6 heteroatoms. The predicted octanol–water partition coefficient (Wildman–Crippen LogP) is 1.18. The molecule has 2 rings (SSSR count).